The lowest BCUT2D eigenvalue weighted by molar-refractivity contribution is 0.436. The molecule has 1 rings (SSSR count). The van der Waals surface area contributed by atoms with Crippen LogP contribution >= 0.6 is 15.9 Å². The van der Waals surface area contributed by atoms with Crippen molar-refractivity contribution in [1.29, 1.82) is 5.26 Å². The van der Waals surface area contributed by atoms with E-state index < -0.39 is 0 Å². The molecule has 0 radical (unpaired) electrons. The van der Waals surface area contributed by atoms with Gasteiger partial charge >= 0.3 is 0 Å². The summed E-state index contributed by atoms with van der Waals surface area (Å²) in [6.07, 6.45) is 2.58. The molecule has 17 heavy (non-hydrogen) atoms. The van der Waals surface area contributed by atoms with Gasteiger partial charge < -0.3 is 5.32 Å². The summed E-state index contributed by atoms with van der Waals surface area (Å²) in [4.78, 5) is 0. The first kappa shape index (κ1) is 14.2. The maximum absolute atomic E-state index is 8.71. The van der Waals surface area contributed by atoms with Crippen molar-refractivity contribution in [1.82, 2.24) is 5.32 Å². The zero-order valence-electron chi connectivity index (χ0n) is 10.4. The van der Waals surface area contributed by atoms with E-state index in [1.807, 2.05) is 0 Å². The van der Waals surface area contributed by atoms with Crippen LogP contribution in [0.1, 0.15) is 32.3 Å². The first-order chi connectivity index (χ1) is 8.15. The summed E-state index contributed by atoms with van der Waals surface area (Å²) < 4.78 is 1.11. The average Bonchev–Trinajstić information content (AvgIpc) is 2.31. The van der Waals surface area contributed by atoms with Gasteiger partial charge in [0, 0.05) is 16.6 Å². The van der Waals surface area contributed by atoms with Gasteiger partial charge in [-0.05, 0) is 37.5 Å². The highest BCUT2D eigenvalue weighted by molar-refractivity contribution is 9.10. The molecule has 1 N–H and O–H groups in total. The van der Waals surface area contributed by atoms with Crippen molar-refractivity contribution in [2.45, 2.75) is 45.2 Å². The lowest BCUT2D eigenvalue weighted by Crippen LogP contribution is -2.37. The molecule has 2 atom stereocenters. The number of nitrogens with one attached hydrogen (secondary N) is 1. The predicted octanol–water partition coefficient (Wildman–Crippen LogP) is 3.66. The molecule has 0 heterocycles. The molecule has 2 nitrogen and oxygen atoms in total. The van der Waals surface area contributed by atoms with Gasteiger partial charge in [0.1, 0.15) is 0 Å². The highest BCUT2D eigenvalue weighted by Crippen LogP contribution is 2.12. The van der Waals surface area contributed by atoms with Crippen LogP contribution in [0.5, 0.6) is 0 Å². The monoisotopic (exact) mass is 294 g/mol. The smallest absolute Gasteiger partial charge is 0.0638 e. The second kappa shape index (κ2) is 7.47. The summed E-state index contributed by atoms with van der Waals surface area (Å²) in [5.74, 6) is 0. The van der Waals surface area contributed by atoms with Crippen molar-refractivity contribution in [3.8, 4) is 6.07 Å². The Morgan fingerprint density at radius 3 is 2.53 bits per heavy atom. The zero-order chi connectivity index (χ0) is 12.7. The molecule has 0 aromatic heterocycles. The van der Waals surface area contributed by atoms with E-state index in [9.17, 15) is 0 Å². The average molecular weight is 295 g/mol. The third-order valence-electron chi connectivity index (χ3n) is 2.81. The van der Waals surface area contributed by atoms with Crippen LogP contribution in [0.3, 0.4) is 0 Å². The van der Waals surface area contributed by atoms with Crippen LogP contribution in [0.4, 0.5) is 0 Å². The van der Waals surface area contributed by atoms with E-state index in [-0.39, 0.29) is 0 Å². The Labute approximate surface area is 112 Å². The van der Waals surface area contributed by atoms with Crippen LogP contribution in [-0.2, 0) is 6.42 Å². The van der Waals surface area contributed by atoms with E-state index in [2.05, 4.69) is 65.4 Å². The Balaban J connectivity index is 2.46. The van der Waals surface area contributed by atoms with Crippen molar-refractivity contribution in [2.75, 3.05) is 0 Å². The Morgan fingerprint density at radius 2 is 2.00 bits per heavy atom. The van der Waals surface area contributed by atoms with Gasteiger partial charge in [-0.3, -0.25) is 0 Å². The highest BCUT2D eigenvalue weighted by Gasteiger charge is 2.10. The van der Waals surface area contributed by atoms with Gasteiger partial charge in [-0.2, -0.15) is 5.26 Å². The van der Waals surface area contributed by atoms with Crippen LogP contribution in [0.2, 0.25) is 0 Å². The maximum atomic E-state index is 8.71. The van der Waals surface area contributed by atoms with Crippen molar-refractivity contribution < 1.29 is 0 Å². The molecule has 0 saturated carbocycles. The van der Waals surface area contributed by atoms with Gasteiger partial charge in [0.25, 0.3) is 0 Å². The largest absolute Gasteiger partial charge is 0.310 e. The molecular formula is C14H19BrN2. The van der Waals surface area contributed by atoms with E-state index >= 15 is 0 Å². The number of nitrogens with zero attached hydrogens (tertiary/aromatic N) is 1. The molecule has 0 amide bonds. The zero-order valence-corrected chi connectivity index (χ0v) is 12.0. The minimum absolute atomic E-state index is 0.311. The van der Waals surface area contributed by atoms with Crippen molar-refractivity contribution >= 4 is 15.9 Å². The normalized spacial score (nSPS) is 14.0. The Kier molecular flexibility index (Phi) is 6.25. The minimum Gasteiger partial charge on any atom is -0.310 e. The Bertz CT molecular complexity index is 367. The van der Waals surface area contributed by atoms with Crippen LogP contribution in [0.15, 0.2) is 28.7 Å². The van der Waals surface area contributed by atoms with Gasteiger partial charge in [-0.1, -0.05) is 35.0 Å². The number of rotatable bonds is 6. The second-order valence-corrected chi connectivity index (χ2v) is 5.28. The number of nitriles is 1. The number of hydrogen-bond donors (Lipinski definition) is 1. The summed E-state index contributed by atoms with van der Waals surface area (Å²) in [6, 6.07) is 11.3. The predicted molar refractivity (Wildman–Crippen MR) is 74.8 cm³/mol. The molecule has 92 valence electrons. The molecule has 0 saturated heterocycles. The first-order valence-electron chi connectivity index (χ1n) is 6.03. The van der Waals surface area contributed by atoms with Gasteiger partial charge in [-0.15, -0.1) is 0 Å². The quantitative estimate of drug-likeness (QED) is 0.869. The fraction of sp³-hybridized carbons (Fsp3) is 0.500. The summed E-state index contributed by atoms with van der Waals surface area (Å²) in [5.41, 5.74) is 1.32. The SMILES string of the molecule is CCC(CC#N)NC(C)Cc1ccc(Br)cc1. The minimum atomic E-state index is 0.311. The molecule has 0 bridgehead atoms. The lowest BCUT2D eigenvalue weighted by Gasteiger charge is -2.20. The summed E-state index contributed by atoms with van der Waals surface area (Å²) in [5, 5.41) is 12.2. The van der Waals surface area contributed by atoms with E-state index in [0.717, 1.165) is 17.3 Å². The van der Waals surface area contributed by atoms with Gasteiger partial charge in [0.2, 0.25) is 0 Å². The fourth-order valence-electron chi connectivity index (χ4n) is 1.87. The molecule has 0 aliphatic carbocycles. The molecule has 0 aliphatic heterocycles. The summed E-state index contributed by atoms with van der Waals surface area (Å²) in [7, 11) is 0. The fourth-order valence-corrected chi connectivity index (χ4v) is 2.13. The van der Waals surface area contributed by atoms with E-state index in [4.69, 9.17) is 5.26 Å². The third-order valence-corrected chi connectivity index (χ3v) is 3.33. The van der Waals surface area contributed by atoms with E-state index in [1.54, 1.807) is 0 Å². The van der Waals surface area contributed by atoms with Gasteiger partial charge in [0.05, 0.1) is 12.5 Å². The van der Waals surface area contributed by atoms with Crippen LogP contribution in [-0.4, -0.2) is 12.1 Å². The Morgan fingerprint density at radius 1 is 1.35 bits per heavy atom. The number of halogens is 1. The van der Waals surface area contributed by atoms with Gasteiger partial charge in [-0.25, -0.2) is 0 Å². The molecular weight excluding hydrogens is 276 g/mol. The maximum Gasteiger partial charge on any atom is 0.0638 e. The molecule has 1 aromatic rings. The molecule has 2 unspecified atom stereocenters. The van der Waals surface area contributed by atoms with Crippen LogP contribution < -0.4 is 5.32 Å². The van der Waals surface area contributed by atoms with Crippen LogP contribution in [0.25, 0.3) is 0 Å². The summed E-state index contributed by atoms with van der Waals surface area (Å²) in [6.45, 7) is 4.28. The number of benzene rings is 1. The molecule has 1 aromatic carbocycles. The lowest BCUT2D eigenvalue weighted by atomic mass is 10.0. The van der Waals surface area contributed by atoms with E-state index in [0.29, 0.717) is 18.5 Å². The van der Waals surface area contributed by atoms with Crippen molar-refractivity contribution in [2.24, 2.45) is 0 Å². The summed E-state index contributed by atoms with van der Waals surface area (Å²) >= 11 is 3.43. The molecule has 0 spiro atoms. The van der Waals surface area contributed by atoms with Gasteiger partial charge in [0.15, 0.2) is 0 Å². The highest BCUT2D eigenvalue weighted by atomic mass is 79.9. The topological polar surface area (TPSA) is 35.8 Å². The standard InChI is InChI=1S/C14H19BrN2/c1-3-14(8-9-16)17-11(2)10-12-4-6-13(15)7-5-12/h4-7,11,14,17H,3,8,10H2,1-2H3. The molecule has 0 fully saturated rings. The molecule has 3 heteroatoms. The van der Waals surface area contributed by atoms with Crippen molar-refractivity contribution in [3.63, 3.8) is 0 Å². The first-order valence-corrected chi connectivity index (χ1v) is 6.82. The van der Waals surface area contributed by atoms with Crippen molar-refractivity contribution in [3.05, 3.63) is 34.3 Å². The van der Waals surface area contributed by atoms with E-state index in [1.165, 1.54) is 5.56 Å². The molecule has 0 aliphatic rings. The second-order valence-electron chi connectivity index (χ2n) is 4.37. The number of hydrogen-bond acceptors (Lipinski definition) is 2. The van der Waals surface area contributed by atoms with Crippen LogP contribution in [0, 0.1) is 11.3 Å². The Hall–Kier alpha value is -0.850. The third kappa shape index (κ3) is 5.34.